The summed E-state index contributed by atoms with van der Waals surface area (Å²) in [6.07, 6.45) is -4.98. The largest absolute Gasteiger partial charge is 0.433 e. The summed E-state index contributed by atoms with van der Waals surface area (Å²) in [6, 6.07) is 10.0. The zero-order chi connectivity index (χ0) is 21.6. The molecule has 0 spiro atoms. The lowest BCUT2D eigenvalue weighted by Crippen LogP contribution is -2.30. The quantitative estimate of drug-likeness (QED) is 0.667. The number of aliphatic hydroxyl groups excluding tert-OH is 1. The summed E-state index contributed by atoms with van der Waals surface area (Å²) >= 11 is 6.21. The van der Waals surface area contributed by atoms with Crippen LogP contribution in [0.4, 0.5) is 18.9 Å². The normalized spacial score (nSPS) is 16.8. The van der Waals surface area contributed by atoms with Crippen LogP contribution in [0.1, 0.15) is 17.7 Å². The second-order valence-corrected chi connectivity index (χ2v) is 7.29. The van der Waals surface area contributed by atoms with Crippen molar-refractivity contribution in [2.24, 2.45) is 0 Å². The number of hydrogen-bond donors (Lipinski definition) is 1. The van der Waals surface area contributed by atoms with Crippen LogP contribution in [0.5, 0.6) is 0 Å². The summed E-state index contributed by atoms with van der Waals surface area (Å²) in [5.74, 6) is 0. The maximum absolute atomic E-state index is 13.4. The molecule has 1 unspecified atom stereocenters. The van der Waals surface area contributed by atoms with Gasteiger partial charge in [-0.2, -0.15) is 18.4 Å². The maximum Gasteiger partial charge on any atom is 0.433 e. The van der Waals surface area contributed by atoms with E-state index in [1.54, 1.807) is 17.0 Å². The van der Waals surface area contributed by atoms with Crippen LogP contribution in [-0.2, 0) is 6.18 Å². The number of nitrogens with zero attached hydrogens (tertiary/aromatic N) is 4. The molecule has 1 fully saturated rings. The van der Waals surface area contributed by atoms with Crippen molar-refractivity contribution in [3.8, 4) is 11.8 Å². The Labute approximate surface area is 173 Å². The van der Waals surface area contributed by atoms with Crippen LogP contribution in [0, 0.1) is 11.3 Å². The number of rotatable bonds is 2. The minimum atomic E-state index is -4.73. The van der Waals surface area contributed by atoms with E-state index in [1.165, 1.54) is 18.2 Å². The third-order valence-corrected chi connectivity index (χ3v) is 5.29. The number of aliphatic hydroxyl groups is 1. The summed E-state index contributed by atoms with van der Waals surface area (Å²) in [7, 11) is 0. The van der Waals surface area contributed by atoms with Crippen molar-refractivity contribution >= 4 is 28.3 Å². The first-order valence-corrected chi connectivity index (χ1v) is 9.35. The Hall–Kier alpha value is -3.09. The van der Waals surface area contributed by atoms with Gasteiger partial charge in [0, 0.05) is 18.5 Å². The summed E-state index contributed by atoms with van der Waals surface area (Å²) in [5.41, 5.74) is -2.24. The fourth-order valence-corrected chi connectivity index (χ4v) is 3.86. The number of hydrogen-bond acceptors (Lipinski definition) is 5. The van der Waals surface area contributed by atoms with Gasteiger partial charge in [-0.1, -0.05) is 23.7 Å². The Bertz CT molecular complexity index is 1250. The fourth-order valence-electron chi connectivity index (χ4n) is 3.64. The second-order valence-electron chi connectivity index (χ2n) is 6.88. The van der Waals surface area contributed by atoms with E-state index in [9.17, 15) is 28.3 Å². The van der Waals surface area contributed by atoms with Gasteiger partial charge in [0.1, 0.15) is 23.0 Å². The number of anilines is 1. The first-order chi connectivity index (χ1) is 14.2. The van der Waals surface area contributed by atoms with Crippen LogP contribution < -0.4 is 10.5 Å². The van der Waals surface area contributed by atoms with Crippen molar-refractivity contribution in [1.29, 1.82) is 5.26 Å². The van der Waals surface area contributed by atoms with Crippen molar-refractivity contribution < 1.29 is 18.3 Å². The maximum atomic E-state index is 13.4. The van der Waals surface area contributed by atoms with E-state index in [4.69, 9.17) is 11.6 Å². The SMILES string of the molecule is N#Cc1c(N2CCC(O)C2)c2ccc(C(F)(F)F)nc2n(-c2ccccc2Cl)c1=O. The average Bonchev–Trinajstić information content (AvgIpc) is 3.12. The summed E-state index contributed by atoms with van der Waals surface area (Å²) < 4.78 is 41.0. The summed E-state index contributed by atoms with van der Waals surface area (Å²) in [6.45, 7) is 0.502. The molecule has 0 saturated carbocycles. The molecule has 0 radical (unpaired) electrons. The highest BCUT2D eigenvalue weighted by molar-refractivity contribution is 6.32. The molecule has 0 bridgehead atoms. The van der Waals surface area contributed by atoms with Crippen LogP contribution in [0.25, 0.3) is 16.7 Å². The number of nitriles is 1. The third-order valence-electron chi connectivity index (χ3n) is 4.97. The molecule has 0 amide bonds. The molecular weight excluding hydrogens is 421 g/mol. The predicted octanol–water partition coefficient (Wildman–Crippen LogP) is 3.50. The first-order valence-electron chi connectivity index (χ1n) is 8.97. The number of fused-ring (bicyclic) bond motifs is 1. The Balaban J connectivity index is 2.15. The van der Waals surface area contributed by atoms with E-state index in [-0.39, 0.29) is 39.5 Å². The van der Waals surface area contributed by atoms with Crippen molar-refractivity contribution in [3.05, 3.63) is 63.0 Å². The van der Waals surface area contributed by atoms with Gasteiger partial charge in [0.05, 0.1) is 22.5 Å². The number of para-hydroxylation sites is 1. The second kappa shape index (κ2) is 7.31. The monoisotopic (exact) mass is 434 g/mol. The Morgan fingerprint density at radius 1 is 1.23 bits per heavy atom. The van der Waals surface area contributed by atoms with E-state index >= 15 is 0 Å². The summed E-state index contributed by atoms with van der Waals surface area (Å²) in [4.78, 5) is 18.6. The number of pyridine rings is 2. The smallest absolute Gasteiger partial charge is 0.391 e. The van der Waals surface area contributed by atoms with E-state index in [1.807, 2.05) is 6.07 Å². The third kappa shape index (κ3) is 3.28. The Kier molecular flexibility index (Phi) is 4.92. The molecule has 1 N–H and O–H groups in total. The predicted molar refractivity (Wildman–Crippen MR) is 105 cm³/mol. The molecule has 2 aromatic heterocycles. The molecular formula is C20H14ClF3N4O2. The number of halogens is 4. The number of β-amino-alcohol motifs (C(OH)–C–C–N with tert-alkyl or cyclic N) is 1. The van der Waals surface area contributed by atoms with E-state index < -0.39 is 23.5 Å². The number of aromatic nitrogens is 2. The van der Waals surface area contributed by atoms with Gasteiger partial charge in [0.15, 0.2) is 0 Å². The highest BCUT2D eigenvalue weighted by Crippen LogP contribution is 2.35. The average molecular weight is 435 g/mol. The lowest BCUT2D eigenvalue weighted by atomic mass is 10.1. The van der Waals surface area contributed by atoms with Gasteiger partial charge < -0.3 is 10.0 Å². The molecule has 1 aliphatic rings. The lowest BCUT2D eigenvalue weighted by molar-refractivity contribution is -0.141. The Morgan fingerprint density at radius 3 is 2.57 bits per heavy atom. The molecule has 1 aromatic carbocycles. The molecule has 4 rings (SSSR count). The number of alkyl halides is 3. The van der Waals surface area contributed by atoms with Crippen LogP contribution >= 0.6 is 11.6 Å². The minimum absolute atomic E-state index is 0.116. The van der Waals surface area contributed by atoms with Crippen LogP contribution in [0.2, 0.25) is 5.02 Å². The minimum Gasteiger partial charge on any atom is -0.391 e. The van der Waals surface area contributed by atoms with Gasteiger partial charge in [-0.3, -0.25) is 9.36 Å². The van der Waals surface area contributed by atoms with Crippen molar-refractivity contribution in [1.82, 2.24) is 9.55 Å². The van der Waals surface area contributed by atoms with Gasteiger partial charge in [-0.05, 0) is 30.7 Å². The van der Waals surface area contributed by atoms with E-state index in [0.29, 0.717) is 13.0 Å². The molecule has 1 aliphatic heterocycles. The molecule has 3 aromatic rings. The van der Waals surface area contributed by atoms with Crippen LogP contribution in [0.3, 0.4) is 0 Å². The van der Waals surface area contributed by atoms with Crippen LogP contribution in [0.15, 0.2) is 41.2 Å². The zero-order valence-electron chi connectivity index (χ0n) is 15.3. The Morgan fingerprint density at radius 2 is 1.97 bits per heavy atom. The lowest BCUT2D eigenvalue weighted by Gasteiger charge is -2.23. The molecule has 3 heterocycles. The highest BCUT2D eigenvalue weighted by Gasteiger charge is 2.34. The molecule has 30 heavy (non-hydrogen) atoms. The van der Waals surface area contributed by atoms with Gasteiger partial charge >= 0.3 is 6.18 Å². The van der Waals surface area contributed by atoms with Gasteiger partial charge in [0.2, 0.25) is 0 Å². The zero-order valence-corrected chi connectivity index (χ0v) is 16.1. The van der Waals surface area contributed by atoms with Crippen molar-refractivity contribution in [2.75, 3.05) is 18.0 Å². The highest BCUT2D eigenvalue weighted by atomic mass is 35.5. The van der Waals surface area contributed by atoms with Crippen LogP contribution in [-0.4, -0.2) is 33.9 Å². The summed E-state index contributed by atoms with van der Waals surface area (Å²) in [5, 5.41) is 19.9. The fraction of sp³-hybridized carbons (Fsp3) is 0.250. The molecule has 1 saturated heterocycles. The standard InChI is InChI=1S/C20H14ClF3N4O2/c21-14-3-1-2-4-15(14)28-18-12(5-6-16(26-18)20(22,23)24)17(13(9-25)19(28)30)27-8-7-11(29)10-27/h1-6,11,29H,7-8,10H2. The van der Waals surface area contributed by atoms with Crippen molar-refractivity contribution in [2.45, 2.75) is 18.7 Å². The molecule has 6 nitrogen and oxygen atoms in total. The molecule has 154 valence electrons. The number of benzene rings is 1. The van der Waals surface area contributed by atoms with E-state index in [2.05, 4.69) is 4.98 Å². The molecule has 10 heteroatoms. The molecule has 0 aliphatic carbocycles. The van der Waals surface area contributed by atoms with Gasteiger partial charge in [-0.25, -0.2) is 4.98 Å². The van der Waals surface area contributed by atoms with Gasteiger partial charge in [-0.15, -0.1) is 0 Å². The first kappa shape index (κ1) is 20.2. The van der Waals surface area contributed by atoms with E-state index in [0.717, 1.165) is 10.6 Å². The van der Waals surface area contributed by atoms with Gasteiger partial charge in [0.25, 0.3) is 5.56 Å². The molecule has 1 atom stereocenters. The van der Waals surface area contributed by atoms with Crippen molar-refractivity contribution in [3.63, 3.8) is 0 Å². The topological polar surface area (TPSA) is 82.2 Å².